The Morgan fingerprint density at radius 3 is 2.62 bits per heavy atom. The molecule has 0 radical (unpaired) electrons. The summed E-state index contributed by atoms with van der Waals surface area (Å²) in [6.45, 7) is 4.52. The molecule has 21 heavy (non-hydrogen) atoms. The van der Waals surface area contributed by atoms with Gasteiger partial charge in [-0.05, 0) is 43.0 Å². The lowest BCUT2D eigenvalue weighted by molar-refractivity contribution is -0.116. The smallest absolute Gasteiger partial charge is 0.224 e. The SMILES string of the molecule is Cc1cccc(CCC(=O)Nc2cc(CN)ccc2C)c1. The molecule has 2 aromatic rings. The maximum atomic E-state index is 12.1. The Kier molecular flexibility index (Phi) is 5.12. The molecule has 0 unspecified atom stereocenters. The molecular formula is C18H22N2O. The first-order valence-electron chi connectivity index (χ1n) is 7.23. The Labute approximate surface area is 126 Å². The van der Waals surface area contributed by atoms with E-state index in [4.69, 9.17) is 5.73 Å². The molecule has 0 bridgehead atoms. The maximum absolute atomic E-state index is 12.1. The minimum absolute atomic E-state index is 0.0359. The highest BCUT2D eigenvalue weighted by Crippen LogP contribution is 2.17. The van der Waals surface area contributed by atoms with Crippen molar-refractivity contribution >= 4 is 11.6 Å². The largest absolute Gasteiger partial charge is 0.326 e. The zero-order valence-electron chi connectivity index (χ0n) is 12.6. The minimum atomic E-state index is 0.0359. The molecule has 110 valence electrons. The van der Waals surface area contributed by atoms with Crippen molar-refractivity contribution in [1.82, 2.24) is 0 Å². The number of carbonyl (C=O) groups is 1. The third kappa shape index (κ3) is 4.43. The van der Waals surface area contributed by atoms with E-state index in [-0.39, 0.29) is 5.91 Å². The van der Waals surface area contributed by atoms with Gasteiger partial charge >= 0.3 is 0 Å². The summed E-state index contributed by atoms with van der Waals surface area (Å²) in [6.07, 6.45) is 1.24. The Balaban J connectivity index is 1.96. The molecule has 3 N–H and O–H groups in total. The third-order valence-corrected chi connectivity index (χ3v) is 3.53. The van der Waals surface area contributed by atoms with Gasteiger partial charge in [-0.25, -0.2) is 0 Å². The van der Waals surface area contributed by atoms with Crippen LogP contribution in [0.15, 0.2) is 42.5 Å². The molecular weight excluding hydrogens is 260 g/mol. The van der Waals surface area contributed by atoms with E-state index in [1.165, 1.54) is 11.1 Å². The second-order valence-corrected chi connectivity index (χ2v) is 5.39. The molecule has 3 nitrogen and oxygen atoms in total. The van der Waals surface area contributed by atoms with Gasteiger partial charge in [0.1, 0.15) is 0 Å². The molecule has 0 heterocycles. The van der Waals surface area contributed by atoms with Crippen LogP contribution in [0.5, 0.6) is 0 Å². The van der Waals surface area contributed by atoms with Gasteiger partial charge in [-0.2, -0.15) is 0 Å². The lowest BCUT2D eigenvalue weighted by atomic mass is 10.1. The molecule has 0 saturated carbocycles. The van der Waals surface area contributed by atoms with Crippen LogP contribution in [0.25, 0.3) is 0 Å². The summed E-state index contributed by atoms with van der Waals surface area (Å²) < 4.78 is 0. The number of nitrogens with two attached hydrogens (primary N) is 1. The van der Waals surface area contributed by atoms with Crippen molar-refractivity contribution in [2.45, 2.75) is 33.2 Å². The molecule has 3 heteroatoms. The number of benzene rings is 2. The van der Waals surface area contributed by atoms with Crippen LogP contribution in [-0.4, -0.2) is 5.91 Å². The number of hydrogen-bond acceptors (Lipinski definition) is 2. The van der Waals surface area contributed by atoms with E-state index in [1.54, 1.807) is 0 Å². The molecule has 0 spiro atoms. The quantitative estimate of drug-likeness (QED) is 0.883. The highest BCUT2D eigenvalue weighted by atomic mass is 16.1. The standard InChI is InChI=1S/C18H22N2O/c1-13-4-3-5-15(10-13)8-9-18(21)20-17-11-16(12-19)7-6-14(17)2/h3-7,10-11H,8-9,12,19H2,1-2H3,(H,20,21). The van der Waals surface area contributed by atoms with E-state index in [0.717, 1.165) is 23.2 Å². The summed E-state index contributed by atoms with van der Waals surface area (Å²) in [5, 5.41) is 2.98. The molecule has 0 aliphatic heterocycles. The Hall–Kier alpha value is -2.13. The predicted molar refractivity (Wildman–Crippen MR) is 87.2 cm³/mol. The van der Waals surface area contributed by atoms with Gasteiger partial charge in [0.15, 0.2) is 0 Å². The van der Waals surface area contributed by atoms with Gasteiger partial charge in [0.25, 0.3) is 0 Å². The van der Waals surface area contributed by atoms with Crippen LogP contribution in [0, 0.1) is 13.8 Å². The zero-order chi connectivity index (χ0) is 15.2. The first-order valence-corrected chi connectivity index (χ1v) is 7.23. The Morgan fingerprint density at radius 1 is 1.10 bits per heavy atom. The van der Waals surface area contributed by atoms with Crippen molar-refractivity contribution in [3.63, 3.8) is 0 Å². The fourth-order valence-electron chi connectivity index (χ4n) is 2.27. The van der Waals surface area contributed by atoms with E-state index in [1.807, 2.05) is 31.2 Å². The summed E-state index contributed by atoms with van der Waals surface area (Å²) >= 11 is 0. The van der Waals surface area contributed by atoms with Gasteiger partial charge in [0.2, 0.25) is 5.91 Å². The Bertz CT molecular complexity index is 635. The van der Waals surface area contributed by atoms with Crippen LogP contribution >= 0.6 is 0 Å². The highest BCUT2D eigenvalue weighted by molar-refractivity contribution is 5.91. The zero-order valence-corrected chi connectivity index (χ0v) is 12.6. The molecule has 2 rings (SSSR count). The second-order valence-electron chi connectivity index (χ2n) is 5.39. The van der Waals surface area contributed by atoms with Gasteiger partial charge in [-0.1, -0.05) is 42.0 Å². The van der Waals surface area contributed by atoms with Crippen LogP contribution in [0.1, 0.15) is 28.7 Å². The average Bonchev–Trinajstić information content (AvgIpc) is 2.47. The van der Waals surface area contributed by atoms with Gasteiger partial charge in [0.05, 0.1) is 0 Å². The molecule has 2 aromatic carbocycles. The summed E-state index contributed by atoms with van der Waals surface area (Å²) in [5.74, 6) is 0.0359. The van der Waals surface area contributed by atoms with Gasteiger partial charge in [-0.3, -0.25) is 4.79 Å². The Morgan fingerprint density at radius 2 is 1.90 bits per heavy atom. The topological polar surface area (TPSA) is 55.1 Å². The van der Waals surface area contributed by atoms with Crippen LogP contribution in [0.2, 0.25) is 0 Å². The van der Waals surface area contributed by atoms with Gasteiger partial charge < -0.3 is 11.1 Å². The number of rotatable bonds is 5. The van der Waals surface area contributed by atoms with Crippen molar-refractivity contribution in [2.24, 2.45) is 5.73 Å². The number of nitrogens with one attached hydrogen (secondary N) is 1. The van der Waals surface area contributed by atoms with Crippen molar-refractivity contribution in [2.75, 3.05) is 5.32 Å². The fourth-order valence-corrected chi connectivity index (χ4v) is 2.27. The number of anilines is 1. The summed E-state index contributed by atoms with van der Waals surface area (Å²) in [6, 6.07) is 14.2. The average molecular weight is 282 g/mol. The van der Waals surface area contributed by atoms with Crippen LogP contribution in [0.3, 0.4) is 0 Å². The molecule has 0 fully saturated rings. The van der Waals surface area contributed by atoms with Crippen LogP contribution in [0.4, 0.5) is 5.69 Å². The lowest BCUT2D eigenvalue weighted by Crippen LogP contribution is -2.13. The number of amides is 1. The predicted octanol–water partition coefficient (Wildman–Crippen LogP) is 3.33. The number of hydrogen-bond donors (Lipinski definition) is 2. The highest BCUT2D eigenvalue weighted by Gasteiger charge is 2.06. The number of aryl methyl sites for hydroxylation is 3. The van der Waals surface area contributed by atoms with E-state index in [9.17, 15) is 4.79 Å². The van der Waals surface area contributed by atoms with E-state index >= 15 is 0 Å². The molecule has 0 atom stereocenters. The molecule has 1 amide bonds. The van der Waals surface area contributed by atoms with Gasteiger partial charge in [0, 0.05) is 18.7 Å². The van der Waals surface area contributed by atoms with Crippen molar-refractivity contribution in [3.8, 4) is 0 Å². The minimum Gasteiger partial charge on any atom is -0.326 e. The van der Waals surface area contributed by atoms with Crippen LogP contribution in [-0.2, 0) is 17.8 Å². The van der Waals surface area contributed by atoms with Crippen molar-refractivity contribution in [3.05, 3.63) is 64.7 Å². The molecule has 0 aromatic heterocycles. The van der Waals surface area contributed by atoms with E-state index < -0.39 is 0 Å². The second kappa shape index (κ2) is 7.04. The molecule has 0 aliphatic rings. The molecule has 0 aliphatic carbocycles. The molecule has 0 saturated heterocycles. The first kappa shape index (κ1) is 15.3. The van der Waals surface area contributed by atoms with Crippen molar-refractivity contribution in [1.29, 1.82) is 0 Å². The van der Waals surface area contributed by atoms with Gasteiger partial charge in [-0.15, -0.1) is 0 Å². The summed E-state index contributed by atoms with van der Waals surface area (Å²) in [7, 11) is 0. The van der Waals surface area contributed by atoms with Crippen molar-refractivity contribution < 1.29 is 4.79 Å². The lowest BCUT2D eigenvalue weighted by Gasteiger charge is -2.10. The normalized spacial score (nSPS) is 10.4. The van der Waals surface area contributed by atoms with Crippen LogP contribution < -0.4 is 11.1 Å². The first-order chi connectivity index (χ1) is 10.1. The summed E-state index contributed by atoms with van der Waals surface area (Å²) in [5.41, 5.74) is 11.0. The summed E-state index contributed by atoms with van der Waals surface area (Å²) in [4.78, 5) is 12.1. The maximum Gasteiger partial charge on any atom is 0.224 e. The number of carbonyl (C=O) groups excluding carboxylic acids is 1. The van der Waals surface area contributed by atoms with E-state index in [0.29, 0.717) is 13.0 Å². The third-order valence-electron chi connectivity index (χ3n) is 3.53. The monoisotopic (exact) mass is 282 g/mol. The van der Waals surface area contributed by atoms with E-state index in [2.05, 4.69) is 30.4 Å². The fraction of sp³-hybridized carbons (Fsp3) is 0.278.